The van der Waals surface area contributed by atoms with Crippen molar-refractivity contribution in [3.63, 3.8) is 0 Å². The first-order chi connectivity index (χ1) is 14.1. The van der Waals surface area contributed by atoms with Crippen molar-refractivity contribution in [3.05, 3.63) is 45.4 Å². The number of hydrogen-bond donors (Lipinski definition) is 2. The summed E-state index contributed by atoms with van der Waals surface area (Å²) in [7, 11) is 0. The summed E-state index contributed by atoms with van der Waals surface area (Å²) in [6.07, 6.45) is 6.79. The van der Waals surface area contributed by atoms with Crippen LogP contribution in [0.4, 0.5) is 0 Å². The minimum atomic E-state index is -0.258. The third-order valence-corrected chi connectivity index (χ3v) is 6.69. The maximum absolute atomic E-state index is 12.5. The first-order valence-corrected chi connectivity index (χ1v) is 11.4. The maximum Gasteiger partial charge on any atom is 0.344 e. The first kappa shape index (κ1) is 20.2. The third-order valence-electron chi connectivity index (χ3n) is 5.72. The van der Waals surface area contributed by atoms with Gasteiger partial charge >= 0.3 is 5.69 Å². The van der Waals surface area contributed by atoms with E-state index in [2.05, 4.69) is 33.7 Å². The molecule has 2 heterocycles. The SMILES string of the molecule is CC(NC(=O)CSc1n[nH]c(=O)n1CC1CCCO1)c1ccc2c(c1)CCCC2. The molecular weight excluding hydrogens is 388 g/mol. The van der Waals surface area contributed by atoms with Crippen molar-refractivity contribution < 1.29 is 9.53 Å². The van der Waals surface area contributed by atoms with Crippen molar-refractivity contribution in [1.29, 1.82) is 0 Å². The summed E-state index contributed by atoms with van der Waals surface area (Å²) in [5, 5.41) is 10.1. The molecule has 2 aromatic rings. The molecule has 1 amide bonds. The summed E-state index contributed by atoms with van der Waals surface area (Å²) in [5.74, 6) is 0.143. The zero-order chi connectivity index (χ0) is 20.2. The van der Waals surface area contributed by atoms with Crippen LogP contribution in [0.25, 0.3) is 0 Å². The predicted molar refractivity (Wildman–Crippen MR) is 112 cm³/mol. The highest BCUT2D eigenvalue weighted by molar-refractivity contribution is 7.99. The Hall–Kier alpha value is -2.06. The van der Waals surface area contributed by atoms with E-state index >= 15 is 0 Å². The highest BCUT2D eigenvalue weighted by Gasteiger charge is 2.20. The number of aromatic amines is 1. The number of nitrogens with one attached hydrogen (secondary N) is 2. The fraction of sp³-hybridized carbons (Fsp3) is 0.571. The van der Waals surface area contributed by atoms with Gasteiger partial charge in [-0.2, -0.15) is 0 Å². The van der Waals surface area contributed by atoms with Crippen LogP contribution in [0.15, 0.2) is 28.2 Å². The molecule has 2 unspecified atom stereocenters. The Bertz CT molecular complexity index is 917. The normalized spacial score (nSPS) is 19.7. The van der Waals surface area contributed by atoms with Gasteiger partial charge in [0.05, 0.1) is 24.4 Å². The molecule has 1 aromatic heterocycles. The average Bonchev–Trinajstić information content (AvgIpc) is 3.37. The summed E-state index contributed by atoms with van der Waals surface area (Å²) in [6, 6.07) is 6.51. The van der Waals surface area contributed by atoms with Gasteiger partial charge in [0.15, 0.2) is 5.16 Å². The van der Waals surface area contributed by atoms with Gasteiger partial charge in [-0.15, -0.1) is 5.10 Å². The van der Waals surface area contributed by atoms with Crippen molar-refractivity contribution >= 4 is 17.7 Å². The molecule has 1 aliphatic heterocycles. The first-order valence-electron chi connectivity index (χ1n) is 10.4. The van der Waals surface area contributed by atoms with Crippen LogP contribution in [0.1, 0.15) is 55.3 Å². The number of aromatic nitrogens is 3. The van der Waals surface area contributed by atoms with E-state index in [4.69, 9.17) is 4.74 Å². The second-order valence-corrected chi connectivity index (χ2v) is 8.81. The van der Waals surface area contributed by atoms with Crippen molar-refractivity contribution in [3.8, 4) is 0 Å². The molecule has 0 bridgehead atoms. The fourth-order valence-corrected chi connectivity index (χ4v) is 4.85. The van der Waals surface area contributed by atoms with Crippen LogP contribution in [-0.2, 0) is 28.9 Å². The quantitative estimate of drug-likeness (QED) is 0.678. The highest BCUT2D eigenvalue weighted by Crippen LogP contribution is 2.25. The molecule has 0 saturated carbocycles. The van der Waals surface area contributed by atoms with Gasteiger partial charge in [0.1, 0.15) is 0 Å². The smallest absolute Gasteiger partial charge is 0.344 e. The van der Waals surface area contributed by atoms with E-state index in [0.29, 0.717) is 11.7 Å². The number of hydrogen-bond acceptors (Lipinski definition) is 5. The standard InChI is InChI=1S/C21H28N4O3S/c1-14(16-9-8-15-5-2-3-6-17(15)11-16)22-19(26)13-29-21-24-23-20(27)25(21)12-18-7-4-10-28-18/h8-9,11,14,18H,2-7,10,12-13H2,1H3,(H,22,26)(H,23,27). The van der Waals surface area contributed by atoms with Crippen molar-refractivity contribution in [2.45, 2.75) is 69.3 Å². The van der Waals surface area contributed by atoms with Crippen molar-refractivity contribution in [2.75, 3.05) is 12.4 Å². The van der Waals surface area contributed by atoms with Gasteiger partial charge in [0.25, 0.3) is 0 Å². The number of aryl methyl sites for hydroxylation is 2. The van der Waals surface area contributed by atoms with Crippen LogP contribution in [0, 0.1) is 0 Å². The monoisotopic (exact) mass is 416 g/mol. The molecule has 1 aliphatic carbocycles. The molecule has 2 atom stereocenters. The predicted octanol–water partition coefficient (Wildman–Crippen LogP) is 2.60. The zero-order valence-electron chi connectivity index (χ0n) is 16.8. The summed E-state index contributed by atoms with van der Waals surface area (Å²) in [4.78, 5) is 24.5. The summed E-state index contributed by atoms with van der Waals surface area (Å²) < 4.78 is 7.18. The van der Waals surface area contributed by atoms with Crippen LogP contribution in [0.3, 0.4) is 0 Å². The van der Waals surface area contributed by atoms with Crippen LogP contribution in [0.5, 0.6) is 0 Å². The van der Waals surface area contributed by atoms with Crippen molar-refractivity contribution in [1.82, 2.24) is 20.1 Å². The fourth-order valence-electron chi connectivity index (χ4n) is 4.09. The average molecular weight is 417 g/mol. The molecule has 7 nitrogen and oxygen atoms in total. The highest BCUT2D eigenvalue weighted by atomic mass is 32.2. The van der Waals surface area contributed by atoms with E-state index in [-0.39, 0.29) is 29.5 Å². The van der Waals surface area contributed by atoms with Gasteiger partial charge in [-0.3, -0.25) is 9.36 Å². The molecule has 0 radical (unpaired) electrons. The number of H-pyrrole nitrogens is 1. The number of ether oxygens (including phenoxy) is 1. The summed E-state index contributed by atoms with van der Waals surface area (Å²) in [6.45, 7) is 3.22. The van der Waals surface area contributed by atoms with Gasteiger partial charge in [0, 0.05) is 6.61 Å². The molecule has 1 saturated heterocycles. The molecule has 4 rings (SSSR count). The number of nitrogens with zero attached hydrogens (tertiary/aromatic N) is 2. The number of fused-ring (bicyclic) bond motifs is 1. The molecule has 1 fully saturated rings. The summed E-state index contributed by atoms with van der Waals surface area (Å²) >= 11 is 1.27. The summed E-state index contributed by atoms with van der Waals surface area (Å²) in [5.41, 5.74) is 3.74. The van der Waals surface area contributed by atoms with E-state index in [1.54, 1.807) is 4.57 Å². The van der Waals surface area contributed by atoms with Crippen LogP contribution in [0.2, 0.25) is 0 Å². The van der Waals surface area contributed by atoms with Crippen LogP contribution < -0.4 is 11.0 Å². The Morgan fingerprint density at radius 2 is 2.17 bits per heavy atom. The number of amides is 1. The topological polar surface area (TPSA) is 89.0 Å². The lowest BCUT2D eigenvalue weighted by Gasteiger charge is -2.20. The van der Waals surface area contributed by atoms with Gasteiger partial charge in [-0.1, -0.05) is 30.0 Å². The third kappa shape index (κ3) is 4.93. The van der Waals surface area contributed by atoms with Crippen LogP contribution in [-0.4, -0.2) is 39.1 Å². The Kier molecular flexibility index (Phi) is 6.40. The van der Waals surface area contributed by atoms with E-state index in [9.17, 15) is 9.59 Å². The second kappa shape index (κ2) is 9.17. The number of carbonyl (C=O) groups is 1. The molecule has 2 N–H and O–H groups in total. The number of thioether (sulfide) groups is 1. The number of rotatable bonds is 7. The lowest BCUT2D eigenvalue weighted by atomic mass is 9.89. The molecule has 1 aromatic carbocycles. The minimum Gasteiger partial charge on any atom is -0.376 e. The molecule has 29 heavy (non-hydrogen) atoms. The zero-order valence-corrected chi connectivity index (χ0v) is 17.6. The molecule has 156 valence electrons. The minimum absolute atomic E-state index is 0.0440. The van der Waals surface area contributed by atoms with E-state index in [1.165, 1.54) is 35.7 Å². The lowest BCUT2D eigenvalue weighted by molar-refractivity contribution is -0.119. The van der Waals surface area contributed by atoms with Gasteiger partial charge in [-0.25, -0.2) is 9.89 Å². The molecule has 2 aliphatic rings. The maximum atomic E-state index is 12.5. The Morgan fingerprint density at radius 1 is 1.34 bits per heavy atom. The van der Waals surface area contributed by atoms with Gasteiger partial charge in [0.2, 0.25) is 5.91 Å². The van der Waals surface area contributed by atoms with Crippen LogP contribution >= 0.6 is 11.8 Å². The Morgan fingerprint density at radius 3 is 2.97 bits per heavy atom. The molecule has 0 spiro atoms. The van der Waals surface area contributed by atoms with Gasteiger partial charge < -0.3 is 10.1 Å². The number of carbonyl (C=O) groups excluding carboxylic acids is 1. The van der Waals surface area contributed by atoms with Gasteiger partial charge in [-0.05, 0) is 62.1 Å². The largest absolute Gasteiger partial charge is 0.376 e. The van der Waals surface area contributed by atoms with Crippen molar-refractivity contribution in [2.24, 2.45) is 0 Å². The number of benzene rings is 1. The van der Waals surface area contributed by atoms with E-state index < -0.39 is 0 Å². The van der Waals surface area contributed by atoms with E-state index in [1.807, 2.05) is 6.92 Å². The Balaban J connectivity index is 1.33. The molecular formula is C21H28N4O3S. The second-order valence-electron chi connectivity index (χ2n) is 7.87. The molecule has 8 heteroatoms. The van der Waals surface area contributed by atoms with E-state index in [0.717, 1.165) is 37.9 Å². The Labute approximate surface area is 174 Å². The lowest BCUT2D eigenvalue weighted by Crippen LogP contribution is -2.29.